The van der Waals surface area contributed by atoms with Gasteiger partial charge in [0.2, 0.25) is 0 Å². The van der Waals surface area contributed by atoms with Gasteiger partial charge in [-0.15, -0.1) is 20.5 Å². The van der Waals surface area contributed by atoms with Crippen LogP contribution in [0.1, 0.15) is 20.8 Å². The molecule has 94 valence electrons. The monoisotopic (exact) mass is 257 g/mol. The smallest absolute Gasteiger partial charge is 0.140 e. The fourth-order valence-electron chi connectivity index (χ4n) is 1.29. The van der Waals surface area contributed by atoms with Crippen molar-refractivity contribution in [3.8, 4) is 11.6 Å². The lowest BCUT2D eigenvalue weighted by atomic mass is 10.2. The summed E-state index contributed by atoms with van der Waals surface area (Å²) in [5, 5.41) is 8.96. The summed E-state index contributed by atoms with van der Waals surface area (Å²) >= 11 is 0. The summed E-state index contributed by atoms with van der Waals surface area (Å²) in [6, 6.07) is 10.9. The Hall–Kier alpha value is -1.60. The van der Waals surface area contributed by atoms with Crippen LogP contribution in [-0.4, -0.2) is 23.1 Å². The van der Waals surface area contributed by atoms with E-state index in [-0.39, 0.29) is 5.04 Å². The van der Waals surface area contributed by atoms with Crippen LogP contribution in [0.25, 0.3) is 11.0 Å². The molecule has 0 aliphatic carbocycles. The summed E-state index contributed by atoms with van der Waals surface area (Å²) in [7, 11) is -1.60. The largest absolute Gasteiger partial charge is 0.140 e. The molecule has 1 aromatic carbocycles. The van der Waals surface area contributed by atoms with Gasteiger partial charge in [-0.3, -0.25) is 0 Å². The van der Waals surface area contributed by atoms with Gasteiger partial charge < -0.3 is 0 Å². The lowest BCUT2D eigenvalue weighted by Crippen LogP contribution is -2.35. The minimum absolute atomic E-state index is 0.257. The number of aromatic nitrogens is 3. The van der Waals surface area contributed by atoms with Gasteiger partial charge in [-0.2, -0.15) is 0 Å². The van der Waals surface area contributed by atoms with Crippen molar-refractivity contribution >= 4 is 19.1 Å². The normalized spacial score (nSPS) is 12.3. The molecule has 0 saturated heterocycles. The SMILES string of the molecule is CC(C)(C)[Si](C)(C)C#Cn1nc2ccccc2n1. The molecule has 0 aliphatic rings. The van der Waals surface area contributed by atoms with Crippen molar-refractivity contribution in [1.82, 2.24) is 15.0 Å². The Morgan fingerprint density at radius 3 is 2.00 bits per heavy atom. The number of hydrogen-bond acceptors (Lipinski definition) is 2. The molecule has 4 heteroatoms. The van der Waals surface area contributed by atoms with Crippen LogP contribution in [0.5, 0.6) is 0 Å². The van der Waals surface area contributed by atoms with Gasteiger partial charge in [0, 0.05) is 6.04 Å². The van der Waals surface area contributed by atoms with Gasteiger partial charge in [-0.05, 0) is 17.2 Å². The highest BCUT2D eigenvalue weighted by atomic mass is 28.3. The van der Waals surface area contributed by atoms with E-state index in [9.17, 15) is 0 Å². The maximum Gasteiger partial charge on any atom is 0.140 e. The fourth-order valence-corrected chi connectivity index (χ4v) is 2.04. The number of hydrogen-bond donors (Lipinski definition) is 0. The summed E-state index contributed by atoms with van der Waals surface area (Å²) in [6.45, 7) is 11.3. The predicted molar refractivity (Wildman–Crippen MR) is 77.9 cm³/mol. The first-order valence-corrected chi connectivity index (χ1v) is 9.15. The van der Waals surface area contributed by atoms with Crippen molar-refractivity contribution in [2.24, 2.45) is 0 Å². The van der Waals surface area contributed by atoms with E-state index in [1.165, 1.54) is 4.80 Å². The second-order valence-electron chi connectivity index (χ2n) is 6.09. The third-order valence-electron chi connectivity index (χ3n) is 3.63. The number of nitrogens with zero attached hydrogens (tertiary/aromatic N) is 3. The first-order chi connectivity index (χ1) is 8.29. The standard InChI is InChI=1S/C14H19N3Si/c1-14(2,3)18(4,5)11-10-17-15-12-8-6-7-9-13(12)16-17/h6-9H,1-5H3. The minimum Gasteiger partial charge on any atom is -0.140 e. The van der Waals surface area contributed by atoms with E-state index in [0.717, 1.165) is 11.0 Å². The zero-order valence-corrected chi connectivity index (χ0v) is 12.7. The Balaban J connectivity index is 2.35. The van der Waals surface area contributed by atoms with E-state index in [1.54, 1.807) is 0 Å². The predicted octanol–water partition coefficient (Wildman–Crippen LogP) is 3.29. The molecule has 0 atom stereocenters. The van der Waals surface area contributed by atoms with Crippen LogP contribution in [0.3, 0.4) is 0 Å². The molecule has 0 bridgehead atoms. The molecule has 2 aromatic rings. The van der Waals surface area contributed by atoms with Gasteiger partial charge in [0.05, 0.1) is 0 Å². The van der Waals surface area contributed by atoms with Crippen molar-refractivity contribution in [1.29, 1.82) is 0 Å². The van der Waals surface area contributed by atoms with E-state index in [0.29, 0.717) is 0 Å². The minimum atomic E-state index is -1.60. The van der Waals surface area contributed by atoms with E-state index in [2.05, 4.69) is 55.7 Å². The summed E-state index contributed by atoms with van der Waals surface area (Å²) < 4.78 is 0. The molecule has 3 nitrogen and oxygen atoms in total. The van der Waals surface area contributed by atoms with Crippen molar-refractivity contribution < 1.29 is 0 Å². The summed E-state index contributed by atoms with van der Waals surface area (Å²) in [5.41, 5.74) is 5.18. The lowest BCUT2D eigenvalue weighted by Gasteiger charge is -2.31. The Bertz CT molecular complexity index is 591. The molecule has 0 radical (unpaired) electrons. The van der Waals surface area contributed by atoms with Gasteiger partial charge in [0.1, 0.15) is 19.1 Å². The van der Waals surface area contributed by atoms with Gasteiger partial charge >= 0.3 is 0 Å². The second kappa shape index (κ2) is 4.25. The Kier molecular flexibility index (Phi) is 3.03. The number of benzene rings is 1. The maximum absolute atomic E-state index is 4.35. The van der Waals surface area contributed by atoms with Crippen LogP contribution in [0.15, 0.2) is 24.3 Å². The Labute approximate surface area is 109 Å². The van der Waals surface area contributed by atoms with Gasteiger partial charge in [0.15, 0.2) is 0 Å². The maximum atomic E-state index is 4.35. The molecule has 1 aromatic heterocycles. The first kappa shape index (κ1) is 12.8. The van der Waals surface area contributed by atoms with Crippen LogP contribution in [0.4, 0.5) is 0 Å². The first-order valence-electron chi connectivity index (χ1n) is 6.15. The highest BCUT2D eigenvalue weighted by Gasteiger charge is 2.33. The van der Waals surface area contributed by atoms with Crippen molar-refractivity contribution in [3.63, 3.8) is 0 Å². The average molecular weight is 257 g/mol. The van der Waals surface area contributed by atoms with Crippen LogP contribution in [-0.2, 0) is 0 Å². The fraction of sp³-hybridized carbons (Fsp3) is 0.429. The van der Waals surface area contributed by atoms with Crippen molar-refractivity contribution in [2.45, 2.75) is 38.9 Å². The molecule has 18 heavy (non-hydrogen) atoms. The number of rotatable bonds is 0. The molecule has 0 N–H and O–H groups in total. The zero-order chi connectivity index (χ0) is 13.4. The van der Waals surface area contributed by atoms with Crippen LogP contribution in [0.2, 0.25) is 18.1 Å². The molecule has 0 fully saturated rings. The molecule has 0 saturated carbocycles. The van der Waals surface area contributed by atoms with Gasteiger partial charge in [-0.25, -0.2) is 0 Å². The molecule has 0 spiro atoms. The average Bonchev–Trinajstić information content (AvgIpc) is 2.67. The Morgan fingerprint density at radius 1 is 1.06 bits per heavy atom. The topological polar surface area (TPSA) is 30.7 Å². The van der Waals surface area contributed by atoms with Crippen LogP contribution < -0.4 is 0 Å². The summed E-state index contributed by atoms with van der Waals surface area (Å²) in [4.78, 5) is 1.51. The zero-order valence-electron chi connectivity index (χ0n) is 11.7. The molecule has 0 amide bonds. The van der Waals surface area contributed by atoms with Crippen LogP contribution >= 0.6 is 0 Å². The van der Waals surface area contributed by atoms with Crippen molar-refractivity contribution in [2.75, 3.05) is 0 Å². The highest BCUT2D eigenvalue weighted by Crippen LogP contribution is 2.35. The van der Waals surface area contributed by atoms with Crippen LogP contribution in [0, 0.1) is 11.6 Å². The summed E-state index contributed by atoms with van der Waals surface area (Å²) in [6.07, 6.45) is 0. The third kappa shape index (κ3) is 2.46. The Morgan fingerprint density at radius 2 is 1.56 bits per heavy atom. The summed E-state index contributed by atoms with van der Waals surface area (Å²) in [5.74, 6) is 0. The number of fused-ring (bicyclic) bond motifs is 1. The molecule has 1 heterocycles. The van der Waals surface area contributed by atoms with Crippen molar-refractivity contribution in [3.05, 3.63) is 24.3 Å². The highest BCUT2D eigenvalue weighted by molar-refractivity contribution is 6.87. The quantitative estimate of drug-likeness (QED) is 0.535. The molecular weight excluding hydrogens is 238 g/mol. The lowest BCUT2D eigenvalue weighted by molar-refractivity contribution is 0.730. The van der Waals surface area contributed by atoms with Gasteiger partial charge in [-0.1, -0.05) is 46.0 Å². The molecule has 0 aliphatic heterocycles. The molecule has 0 unspecified atom stereocenters. The van der Waals surface area contributed by atoms with E-state index in [4.69, 9.17) is 0 Å². The van der Waals surface area contributed by atoms with Gasteiger partial charge in [0.25, 0.3) is 0 Å². The van der Waals surface area contributed by atoms with E-state index >= 15 is 0 Å². The molecule has 2 rings (SSSR count). The second-order valence-corrected chi connectivity index (χ2v) is 11.1. The molecular formula is C14H19N3Si. The van der Waals surface area contributed by atoms with E-state index < -0.39 is 8.07 Å². The third-order valence-corrected chi connectivity index (χ3v) is 8.12. The van der Waals surface area contributed by atoms with E-state index in [1.807, 2.05) is 24.3 Å².